The molecular formula is C44H64ClN5O6S2. The summed E-state index contributed by atoms with van der Waals surface area (Å²) < 4.78 is 10.5. The highest BCUT2D eigenvalue weighted by Gasteiger charge is 2.19. The molecule has 0 bridgehead atoms. The van der Waals surface area contributed by atoms with E-state index in [1.807, 2.05) is 93.9 Å². The summed E-state index contributed by atoms with van der Waals surface area (Å²) in [6, 6.07) is 19.1. The van der Waals surface area contributed by atoms with Gasteiger partial charge in [0.05, 0.1) is 22.7 Å². The zero-order valence-electron chi connectivity index (χ0n) is 36.4. The number of thiophene rings is 2. The van der Waals surface area contributed by atoms with Gasteiger partial charge in [0, 0.05) is 21.6 Å². The smallest absolute Gasteiger partial charge is 0.412 e. The second-order valence-electron chi connectivity index (χ2n) is 15.5. The molecule has 0 aliphatic heterocycles. The summed E-state index contributed by atoms with van der Waals surface area (Å²) in [6.07, 6.45) is -1.07. The summed E-state index contributed by atoms with van der Waals surface area (Å²) >= 11 is 8.23. The molecule has 11 nitrogen and oxygen atoms in total. The minimum Gasteiger partial charge on any atom is -0.444 e. The Morgan fingerprint density at radius 2 is 1.07 bits per heavy atom. The summed E-state index contributed by atoms with van der Waals surface area (Å²) in [5, 5.41) is 12.0. The van der Waals surface area contributed by atoms with E-state index in [9.17, 15) is 19.2 Å². The maximum atomic E-state index is 12.1. The molecule has 0 aliphatic carbocycles. The van der Waals surface area contributed by atoms with E-state index >= 15 is 0 Å². The van der Waals surface area contributed by atoms with Crippen LogP contribution >= 0.6 is 34.3 Å². The number of halogens is 1. The van der Waals surface area contributed by atoms with Crippen molar-refractivity contribution in [2.45, 2.75) is 101 Å². The van der Waals surface area contributed by atoms with Crippen LogP contribution in [0.4, 0.5) is 32.3 Å². The number of amides is 3. The summed E-state index contributed by atoms with van der Waals surface area (Å²) in [5.74, 6) is -0.304. The van der Waals surface area contributed by atoms with Crippen molar-refractivity contribution >= 4 is 80.4 Å². The molecule has 14 heteroatoms. The molecule has 320 valence electrons. The number of carbonyl (C=O) groups excluding carboxylic acids is 4. The monoisotopic (exact) mass is 857 g/mol. The van der Waals surface area contributed by atoms with Gasteiger partial charge in [0.25, 0.3) is 0 Å². The van der Waals surface area contributed by atoms with Crippen molar-refractivity contribution in [1.29, 1.82) is 0 Å². The minimum atomic E-state index is -0.595. The van der Waals surface area contributed by atoms with Crippen LogP contribution in [0.3, 0.4) is 0 Å². The molecule has 3 amide bonds. The normalized spacial score (nSPS) is 10.9. The Balaban J connectivity index is 0.000000451. The second kappa shape index (κ2) is 25.1. The van der Waals surface area contributed by atoms with Crippen LogP contribution in [-0.2, 0) is 19.1 Å². The SMILES string of the molecule is CC(C)(C)OC(=O)Nc1ccc(-c2cccs2)cc1N.CC(C)C(=O)Cl.CC(C)C(=O)Nc1cc(-c2cccs2)ccc1NC(=O)OC(C)(C)C.CCN(CC)CC. The number of nitrogen functional groups attached to an aromatic ring is 1. The largest absolute Gasteiger partial charge is 0.444 e. The molecular weight excluding hydrogens is 794 g/mol. The van der Waals surface area contributed by atoms with E-state index in [4.69, 9.17) is 26.8 Å². The first-order chi connectivity index (χ1) is 27.0. The van der Waals surface area contributed by atoms with Crippen LogP contribution < -0.4 is 21.7 Å². The van der Waals surface area contributed by atoms with E-state index in [0.717, 1.165) is 20.9 Å². The Morgan fingerprint density at radius 1 is 0.655 bits per heavy atom. The van der Waals surface area contributed by atoms with Crippen LogP contribution in [0.5, 0.6) is 0 Å². The molecule has 4 aromatic rings. The van der Waals surface area contributed by atoms with Gasteiger partial charge in [-0.25, -0.2) is 9.59 Å². The molecule has 4 rings (SSSR count). The van der Waals surface area contributed by atoms with Gasteiger partial charge >= 0.3 is 12.2 Å². The highest BCUT2D eigenvalue weighted by atomic mass is 35.5. The highest BCUT2D eigenvalue weighted by Crippen LogP contribution is 2.33. The van der Waals surface area contributed by atoms with Crippen molar-refractivity contribution in [3.63, 3.8) is 0 Å². The summed E-state index contributed by atoms with van der Waals surface area (Å²) in [4.78, 5) is 50.4. The second-order valence-corrected chi connectivity index (χ2v) is 17.8. The summed E-state index contributed by atoms with van der Waals surface area (Å²) in [7, 11) is 0. The molecule has 0 atom stereocenters. The Hall–Kier alpha value is -4.43. The number of nitrogens with two attached hydrogens (primary N) is 1. The van der Waals surface area contributed by atoms with Crippen molar-refractivity contribution in [2.24, 2.45) is 11.8 Å². The standard InChI is InChI=1S/C19H24N2O3S.C15H18N2O2S.C6H15N.C4H7ClO/c1-12(2)17(22)20-15-11-13(16-7-6-10-25-16)8-9-14(15)21-18(23)24-19(3,4)5;1-15(2,3)19-14(18)17-12-7-6-10(9-11(12)16)13-5-4-8-20-13;1-4-7(5-2)6-3;1-3(2)4(5)6/h6-12H,1-5H3,(H,20,22)(H,21,23);4-9H,16H2,1-3H3,(H,17,18);4-6H2,1-3H3;3H,1-2H3. The zero-order valence-corrected chi connectivity index (χ0v) is 38.8. The van der Waals surface area contributed by atoms with Gasteiger partial charge in [-0.1, -0.05) is 72.7 Å². The molecule has 0 radical (unpaired) electrons. The lowest BCUT2D eigenvalue weighted by atomic mass is 10.1. The Bertz CT molecular complexity index is 1840. The highest BCUT2D eigenvalue weighted by molar-refractivity contribution is 7.13. The number of ether oxygens (including phenoxy) is 2. The minimum absolute atomic E-state index is 0.0216. The third-order valence-corrected chi connectivity index (χ3v) is 9.81. The van der Waals surface area contributed by atoms with Crippen LogP contribution in [-0.4, -0.2) is 59.1 Å². The van der Waals surface area contributed by atoms with E-state index < -0.39 is 23.4 Å². The van der Waals surface area contributed by atoms with Gasteiger partial charge in [-0.2, -0.15) is 0 Å². The van der Waals surface area contributed by atoms with E-state index in [1.54, 1.807) is 69.4 Å². The third kappa shape index (κ3) is 20.8. The number of anilines is 4. The average Bonchev–Trinajstić information content (AvgIpc) is 3.86. The van der Waals surface area contributed by atoms with E-state index in [0.29, 0.717) is 22.7 Å². The summed E-state index contributed by atoms with van der Waals surface area (Å²) in [6.45, 7) is 28.1. The molecule has 5 N–H and O–H groups in total. The Morgan fingerprint density at radius 3 is 1.40 bits per heavy atom. The van der Waals surface area contributed by atoms with Crippen LogP contribution in [0.2, 0.25) is 0 Å². The fourth-order valence-electron chi connectivity index (χ4n) is 4.40. The Labute approximate surface area is 359 Å². The van der Waals surface area contributed by atoms with Crippen molar-refractivity contribution in [3.05, 3.63) is 71.4 Å². The maximum Gasteiger partial charge on any atom is 0.412 e. The van der Waals surface area contributed by atoms with Crippen LogP contribution in [0.1, 0.15) is 90.0 Å². The number of hydrogen-bond donors (Lipinski definition) is 4. The van der Waals surface area contributed by atoms with Crippen molar-refractivity contribution < 1.29 is 28.7 Å². The van der Waals surface area contributed by atoms with Crippen molar-refractivity contribution in [1.82, 2.24) is 4.90 Å². The Kier molecular flexibility index (Phi) is 22.4. The first-order valence-corrected chi connectivity index (χ1v) is 21.5. The lowest BCUT2D eigenvalue weighted by Gasteiger charge is -2.21. The first kappa shape index (κ1) is 51.6. The van der Waals surface area contributed by atoms with Gasteiger partial charge in [-0.15, -0.1) is 22.7 Å². The molecule has 2 aromatic carbocycles. The van der Waals surface area contributed by atoms with Crippen LogP contribution in [0.15, 0.2) is 71.4 Å². The molecule has 2 aromatic heterocycles. The third-order valence-electron chi connectivity index (χ3n) is 7.53. The number of nitrogens with one attached hydrogen (secondary N) is 3. The maximum absolute atomic E-state index is 12.1. The molecule has 58 heavy (non-hydrogen) atoms. The molecule has 0 saturated heterocycles. The molecule has 0 saturated carbocycles. The van der Waals surface area contributed by atoms with Gasteiger partial charge in [-0.3, -0.25) is 20.2 Å². The van der Waals surface area contributed by atoms with Gasteiger partial charge in [0.1, 0.15) is 11.2 Å². The number of nitrogens with zero attached hydrogens (tertiary/aromatic N) is 1. The number of rotatable bonds is 10. The van der Waals surface area contributed by atoms with Gasteiger partial charge in [-0.05, 0) is 131 Å². The van der Waals surface area contributed by atoms with Crippen LogP contribution in [0.25, 0.3) is 20.9 Å². The first-order valence-electron chi connectivity index (χ1n) is 19.3. The number of hydrogen-bond acceptors (Lipinski definition) is 10. The molecule has 0 fully saturated rings. The fraction of sp³-hybridized carbons (Fsp3) is 0.455. The van der Waals surface area contributed by atoms with Crippen molar-refractivity contribution in [2.75, 3.05) is 41.3 Å². The fourth-order valence-corrected chi connectivity index (χ4v) is 5.85. The quantitative estimate of drug-likeness (QED) is 0.0908. The van der Waals surface area contributed by atoms with Crippen LogP contribution in [0, 0.1) is 11.8 Å². The predicted molar refractivity (Wildman–Crippen MR) is 246 cm³/mol. The van der Waals surface area contributed by atoms with E-state index in [-0.39, 0.29) is 23.0 Å². The molecule has 0 spiro atoms. The lowest BCUT2D eigenvalue weighted by molar-refractivity contribution is -0.119. The predicted octanol–water partition coefficient (Wildman–Crippen LogP) is 12.5. The molecule has 0 aliphatic rings. The molecule has 2 heterocycles. The van der Waals surface area contributed by atoms with Gasteiger partial charge in [0.2, 0.25) is 11.1 Å². The van der Waals surface area contributed by atoms with Crippen molar-refractivity contribution in [3.8, 4) is 20.9 Å². The van der Waals surface area contributed by atoms with Gasteiger partial charge in [0.15, 0.2) is 0 Å². The molecule has 0 unspecified atom stereocenters. The lowest BCUT2D eigenvalue weighted by Crippen LogP contribution is -2.28. The van der Waals surface area contributed by atoms with Gasteiger partial charge < -0.3 is 25.4 Å². The topological polar surface area (TPSA) is 152 Å². The average molecular weight is 859 g/mol. The number of benzene rings is 2. The number of carbonyl (C=O) groups is 4. The van der Waals surface area contributed by atoms with E-state index in [2.05, 4.69) is 41.6 Å². The van der Waals surface area contributed by atoms with E-state index in [1.165, 1.54) is 19.6 Å². The zero-order chi connectivity index (χ0) is 44.2. The summed E-state index contributed by atoms with van der Waals surface area (Å²) in [5.41, 5.74) is 8.98.